The third-order valence-electron chi connectivity index (χ3n) is 2.85. The molecule has 3 nitrogen and oxygen atoms in total. The van der Waals surface area contributed by atoms with Gasteiger partial charge in [0.2, 0.25) is 0 Å². The van der Waals surface area contributed by atoms with Gasteiger partial charge in [0.15, 0.2) is 5.75 Å². The molecule has 0 heterocycles. The van der Waals surface area contributed by atoms with E-state index in [0.717, 1.165) is 6.42 Å². The van der Waals surface area contributed by atoms with Crippen LogP contribution in [0.15, 0.2) is 36.4 Å². The van der Waals surface area contributed by atoms with Crippen molar-refractivity contribution in [3.05, 3.63) is 47.8 Å². The molecule has 0 saturated carbocycles. The van der Waals surface area contributed by atoms with E-state index in [0.29, 0.717) is 35.1 Å². The summed E-state index contributed by atoms with van der Waals surface area (Å²) < 4.78 is 24.5. The Morgan fingerprint density at radius 2 is 1.90 bits per heavy atom. The Hall–Kier alpha value is -2.23. The van der Waals surface area contributed by atoms with Gasteiger partial charge < -0.3 is 15.2 Å². The summed E-state index contributed by atoms with van der Waals surface area (Å²) in [5.41, 5.74) is 6.99. The van der Waals surface area contributed by atoms with Crippen LogP contribution in [0.2, 0.25) is 0 Å². The Kier molecular flexibility index (Phi) is 4.45. The number of nitrogens with two attached hydrogens (primary N) is 1. The van der Waals surface area contributed by atoms with E-state index in [4.69, 9.17) is 15.2 Å². The number of halogens is 1. The first-order valence-electron chi connectivity index (χ1n) is 6.57. The number of benzene rings is 2. The number of para-hydroxylation sites is 1. The average Bonchev–Trinajstić information content (AvgIpc) is 2.44. The summed E-state index contributed by atoms with van der Waals surface area (Å²) in [4.78, 5) is 0. The summed E-state index contributed by atoms with van der Waals surface area (Å²) >= 11 is 0. The fraction of sp³-hybridized carbons (Fsp3) is 0.250. The highest BCUT2D eigenvalue weighted by Gasteiger charge is 2.09. The fourth-order valence-electron chi connectivity index (χ4n) is 1.76. The molecule has 2 aromatic rings. The van der Waals surface area contributed by atoms with Crippen molar-refractivity contribution in [3.8, 4) is 17.2 Å². The molecule has 0 spiro atoms. The second kappa shape index (κ2) is 6.28. The maximum absolute atomic E-state index is 13.2. The summed E-state index contributed by atoms with van der Waals surface area (Å²) in [5.74, 6) is 1.39. The van der Waals surface area contributed by atoms with Crippen molar-refractivity contribution in [2.24, 2.45) is 0 Å². The first kappa shape index (κ1) is 14.2. The maximum atomic E-state index is 13.2. The standard InChI is InChI=1S/C16H18FNO2/c1-3-9-19-14-5-4-6-15(16(14)18)20-12-7-8-13(17)11(2)10-12/h4-8,10H,3,9,18H2,1-2H3. The van der Waals surface area contributed by atoms with Crippen LogP contribution in [0.4, 0.5) is 10.1 Å². The third-order valence-corrected chi connectivity index (χ3v) is 2.85. The molecule has 2 rings (SSSR count). The summed E-state index contributed by atoms with van der Waals surface area (Å²) in [6.45, 7) is 4.31. The molecule has 106 valence electrons. The molecule has 0 unspecified atom stereocenters. The largest absolute Gasteiger partial charge is 0.491 e. The van der Waals surface area contributed by atoms with Gasteiger partial charge in [0.25, 0.3) is 0 Å². The molecule has 4 heteroatoms. The highest BCUT2D eigenvalue weighted by molar-refractivity contribution is 5.63. The van der Waals surface area contributed by atoms with Crippen LogP contribution in [0.5, 0.6) is 17.2 Å². The van der Waals surface area contributed by atoms with E-state index in [1.807, 2.05) is 13.0 Å². The van der Waals surface area contributed by atoms with Crippen molar-refractivity contribution in [3.63, 3.8) is 0 Å². The van der Waals surface area contributed by atoms with Crippen LogP contribution in [0.25, 0.3) is 0 Å². The number of hydrogen-bond acceptors (Lipinski definition) is 3. The SMILES string of the molecule is CCCOc1cccc(Oc2ccc(F)c(C)c2)c1N. The zero-order valence-electron chi connectivity index (χ0n) is 11.7. The monoisotopic (exact) mass is 275 g/mol. The molecule has 0 radical (unpaired) electrons. The molecule has 0 aliphatic heterocycles. The van der Waals surface area contributed by atoms with Crippen LogP contribution < -0.4 is 15.2 Å². The van der Waals surface area contributed by atoms with E-state index in [1.54, 1.807) is 31.2 Å². The lowest BCUT2D eigenvalue weighted by atomic mass is 10.2. The molecular formula is C16H18FNO2. The molecule has 0 amide bonds. The molecule has 2 N–H and O–H groups in total. The van der Waals surface area contributed by atoms with E-state index in [1.165, 1.54) is 6.07 Å². The van der Waals surface area contributed by atoms with Crippen molar-refractivity contribution in [2.45, 2.75) is 20.3 Å². The summed E-state index contributed by atoms with van der Waals surface area (Å²) in [6, 6.07) is 9.95. The van der Waals surface area contributed by atoms with Crippen molar-refractivity contribution in [1.29, 1.82) is 0 Å². The van der Waals surface area contributed by atoms with Gasteiger partial charge in [-0.15, -0.1) is 0 Å². The average molecular weight is 275 g/mol. The number of nitrogen functional groups attached to an aromatic ring is 1. The van der Waals surface area contributed by atoms with Crippen LogP contribution in [-0.4, -0.2) is 6.61 Å². The molecule has 0 fully saturated rings. The Balaban J connectivity index is 2.22. The van der Waals surface area contributed by atoms with Crippen molar-refractivity contribution in [2.75, 3.05) is 12.3 Å². The molecule has 2 aromatic carbocycles. The van der Waals surface area contributed by atoms with Gasteiger partial charge in [-0.2, -0.15) is 0 Å². The number of rotatable bonds is 5. The smallest absolute Gasteiger partial charge is 0.154 e. The lowest BCUT2D eigenvalue weighted by Gasteiger charge is -2.13. The van der Waals surface area contributed by atoms with Gasteiger partial charge >= 0.3 is 0 Å². The van der Waals surface area contributed by atoms with E-state index < -0.39 is 0 Å². The van der Waals surface area contributed by atoms with Crippen molar-refractivity contribution in [1.82, 2.24) is 0 Å². The highest BCUT2D eigenvalue weighted by Crippen LogP contribution is 2.34. The summed E-state index contributed by atoms with van der Waals surface area (Å²) in [7, 11) is 0. The Morgan fingerprint density at radius 1 is 1.15 bits per heavy atom. The van der Waals surface area contributed by atoms with Crippen molar-refractivity contribution >= 4 is 5.69 Å². The zero-order valence-corrected chi connectivity index (χ0v) is 11.7. The molecular weight excluding hydrogens is 257 g/mol. The zero-order chi connectivity index (χ0) is 14.5. The maximum Gasteiger partial charge on any atom is 0.154 e. The molecule has 0 atom stereocenters. The van der Waals surface area contributed by atoms with Gasteiger partial charge in [-0.3, -0.25) is 0 Å². The van der Waals surface area contributed by atoms with Crippen molar-refractivity contribution < 1.29 is 13.9 Å². The number of anilines is 1. The van der Waals surface area contributed by atoms with E-state index in [-0.39, 0.29) is 5.82 Å². The third kappa shape index (κ3) is 3.20. The Bertz CT molecular complexity index is 599. The van der Waals surface area contributed by atoms with Gasteiger partial charge in [0.05, 0.1) is 6.61 Å². The Morgan fingerprint density at radius 3 is 2.60 bits per heavy atom. The molecule has 0 aliphatic rings. The van der Waals surface area contributed by atoms with Gasteiger partial charge in [-0.1, -0.05) is 13.0 Å². The molecule has 0 bridgehead atoms. The number of aryl methyl sites for hydroxylation is 1. The second-order valence-corrected chi connectivity index (χ2v) is 4.53. The number of hydrogen-bond donors (Lipinski definition) is 1. The van der Waals surface area contributed by atoms with Crippen LogP contribution in [0, 0.1) is 12.7 Å². The van der Waals surface area contributed by atoms with Gasteiger partial charge in [0.1, 0.15) is 23.0 Å². The predicted molar refractivity (Wildman–Crippen MR) is 77.9 cm³/mol. The first-order valence-corrected chi connectivity index (χ1v) is 6.57. The molecule has 0 saturated heterocycles. The van der Waals surface area contributed by atoms with Crippen LogP contribution in [0.1, 0.15) is 18.9 Å². The quantitative estimate of drug-likeness (QED) is 0.827. The fourth-order valence-corrected chi connectivity index (χ4v) is 1.76. The first-order chi connectivity index (χ1) is 9.61. The summed E-state index contributed by atoms with van der Waals surface area (Å²) in [6.07, 6.45) is 0.904. The topological polar surface area (TPSA) is 44.5 Å². The lowest BCUT2D eigenvalue weighted by molar-refractivity contribution is 0.318. The normalized spacial score (nSPS) is 10.3. The molecule has 0 aliphatic carbocycles. The molecule has 0 aromatic heterocycles. The lowest BCUT2D eigenvalue weighted by Crippen LogP contribution is -2.00. The predicted octanol–water partition coefficient (Wildman–Crippen LogP) is 4.30. The minimum absolute atomic E-state index is 0.259. The second-order valence-electron chi connectivity index (χ2n) is 4.53. The molecule has 20 heavy (non-hydrogen) atoms. The van der Waals surface area contributed by atoms with Gasteiger partial charge in [-0.25, -0.2) is 4.39 Å². The van der Waals surface area contributed by atoms with E-state index in [9.17, 15) is 4.39 Å². The highest BCUT2D eigenvalue weighted by atomic mass is 19.1. The van der Waals surface area contributed by atoms with Gasteiger partial charge in [0, 0.05) is 0 Å². The van der Waals surface area contributed by atoms with Crippen LogP contribution in [-0.2, 0) is 0 Å². The minimum Gasteiger partial charge on any atom is -0.491 e. The summed E-state index contributed by atoms with van der Waals surface area (Å²) in [5, 5.41) is 0. The van der Waals surface area contributed by atoms with Crippen LogP contribution in [0.3, 0.4) is 0 Å². The minimum atomic E-state index is -0.259. The Labute approximate surface area is 118 Å². The van der Waals surface area contributed by atoms with Gasteiger partial charge in [-0.05, 0) is 49.2 Å². The van der Waals surface area contributed by atoms with E-state index in [2.05, 4.69) is 0 Å². The number of ether oxygens (including phenoxy) is 2. The van der Waals surface area contributed by atoms with Crippen LogP contribution >= 0.6 is 0 Å². The van der Waals surface area contributed by atoms with E-state index >= 15 is 0 Å².